The largest absolute Gasteiger partial charge is 0.343 e. The Bertz CT molecular complexity index is 230. The summed E-state index contributed by atoms with van der Waals surface area (Å²) < 4.78 is 0. The molecular formula is C13H26N2O. The van der Waals surface area contributed by atoms with Crippen molar-refractivity contribution in [3.63, 3.8) is 0 Å². The molecule has 0 aliphatic heterocycles. The standard InChI is InChI=1S/C13H26N2O/c1-4-8-15(5-2)13(16)11-6-7-12(14)10(3)9-11/h10-12H,4-9,14H2,1-3H3. The van der Waals surface area contributed by atoms with Gasteiger partial charge in [0.25, 0.3) is 0 Å². The highest BCUT2D eigenvalue weighted by Gasteiger charge is 2.31. The van der Waals surface area contributed by atoms with E-state index in [1.54, 1.807) is 0 Å². The molecule has 3 unspecified atom stereocenters. The first-order valence-electron chi connectivity index (χ1n) is 6.64. The summed E-state index contributed by atoms with van der Waals surface area (Å²) in [6.07, 6.45) is 3.99. The van der Waals surface area contributed by atoms with Gasteiger partial charge in [0.2, 0.25) is 5.91 Å². The predicted molar refractivity (Wildman–Crippen MR) is 67.0 cm³/mol. The van der Waals surface area contributed by atoms with E-state index in [9.17, 15) is 4.79 Å². The molecule has 0 spiro atoms. The zero-order valence-electron chi connectivity index (χ0n) is 10.9. The van der Waals surface area contributed by atoms with Crippen molar-refractivity contribution in [1.29, 1.82) is 0 Å². The molecule has 1 aliphatic rings. The van der Waals surface area contributed by atoms with Crippen LogP contribution in [0.3, 0.4) is 0 Å². The molecule has 1 aliphatic carbocycles. The number of nitrogens with two attached hydrogens (primary N) is 1. The van der Waals surface area contributed by atoms with Gasteiger partial charge in [0, 0.05) is 25.0 Å². The van der Waals surface area contributed by atoms with Crippen molar-refractivity contribution in [3.8, 4) is 0 Å². The maximum Gasteiger partial charge on any atom is 0.225 e. The van der Waals surface area contributed by atoms with Gasteiger partial charge in [-0.2, -0.15) is 0 Å². The minimum absolute atomic E-state index is 0.223. The summed E-state index contributed by atoms with van der Waals surface area (Å²) in [6.45, 7) is 8.08. The van der Waals surface area contributed by atoms with Crippen LogP contribution in [0.2, 0.25) is 0 Å². The van der Waals surface area contributed by atoms with Gasteiger partial charge in [-0.05, 0) is 38.5 Å². The molecule has 1 saturated carbocycles. The summed E-state index contributed by atoms with van der Waals surface area (Å²) in [4.78, 5) is 14.3. The van der Waals surface area contributed by atoms with Crippen LogP contribution >= 0.6 is 0 Å². The van der Waals surface area contributed by atoms with Crippen LogP contribution in [0.5, 0.6) is 0 Å². The highest BCUT2D eigenvalue weighted by atomic mass is 16.2. The van der Waals surface area contributed by atoms with E-state index >= 15 is 0 Å². The summed E-state index contributed by atoms with van der Waals surface area (Å²) in [6, 6.07) is 0.297. The lowest BCUT2D eigenvalue weighted by Gasteiger charge is -2.34. The second-order valence-electron chi connectivity index (χ2n) is 5.07. The van der Waals surface area contributed by atoms with Crippen LogP contribution in [-0.2, 0) is 4.79 Å². The van der Waals surface area contributed by atoms with Crippen molar-refractivity contribution >= 4 is 5.91 Å². The zero-order chi connectivity index (χ0) is 12.1. The van der Waals surface area contributed by atoms with Crippen molar-refractivity contribution < 1.29 is 4.79 Å². The molecule has 2 N–H and O–H groups in total. The molecule has 0 heterocycles. The molecule has 94 valence electrons. The fourth-order valence-corrected chi connectivity index (χ4v) is 2.60. The van der Waals surface area contributed by atoms with Crippen molar-refractivity contribution in [3.05, 3.63) is 0 Å². The second-order valence-corrected chi connectivity index (χ2v) is 5.07. The number of carbonyl (C=O) groups is 1. The van der Waals surface area contributed by atoms with E-state index in [1.165, 1.54) is 0 Å². The molecular weight excluding hydrogens is 200 g/mol. The molecule has 0 aromatic carbocycles. The maximum atomic E-state index is 12.3. The Kier molecular flexibility index (Phi) is 5.26. The van der Waals surface area contributed by atoms with E-state index in [2.05, 4.69) is 20.8 Å². The van der Waals surface area contributed by atoms with Gasteiger partial charge in [-0.15, -0.1) is 0 Å². The van der Waals surface area contributed by atoms with E-state index in [-0.39, 0.29) is 5.92 Å². The number of rotatable bonds is 4. The molecule has 0 bridgehead atoms. The first-order valence-corrected chi connectivity index (χ1v) is 6.64. The molecule has 3 nitrogen and oxygen atoms in total. The highest BCUT2D eigenvalue weighted by Crippen LogP contribution is 2.29. The first kappa shape index (κ1) is 13.5. The normalized spacial score (nSPS) is 30.1. The van der Waals surface area contributed by atoms with Crippen LogP contribution < -0.4 is 5.73 Å². The van der Waals surface area contributed by atoms with E-state index in [4.69, 9.17) is 5.73 Å². The molecule has 1 fully saturated rings. The van der Waals surface area contributed by atoms with Crippen molar-refractivity contribution in [2.75, 3.05) is 13.1 Å². The van der Waals surface area contributed by atoms with Crippen LogP contribution in [0, 0.1) is 11.8 Å². The Morgan fingerprint density at radius 1 is 1.38 bits per heavy atom. The average molecular weight is 226 g/mol. The third-order valence-electron chi connectivity index (χ3n) is 3.77. The minimum Gasteiger partial charge on any atom is -0.343 e. The molecule has 3 heteroatoms. The average Bonchev–Trinajstić information content (AvgIpc) is 2.28. The maximum absolute atomic E-state index is 12.3. The lowest BCUT2D eigenvalue weighted by molar-refractivity contribution is -0.137. The number of nitrogens with zero attached hydrogens (tertiary/aromatic N) is 1. The van der Waals surface area contributed by atoms with Gasteiger partial charge >= 0.3 is 0 Å². The SMILES string of the molecule is CCCN(CC)C(=O)C1CCC(N)C(C)C1. The van der Waals surface area contributed by atoms with Gasteiger partial charge in [0.15, 0.2) is 0 Å². The highest BCUT2D eigenvalue weighted by molar-refractivity contribution is 5.78. The zero-order valence-corrected chi connectivity index (χ0v) is 10.9. The van der Waals surface area contributed by atoms with E-state index in [0.717, 1.165) is 38.8 Å². The molecule has 0 aromatic rings. The lowest BCUT2D eigenvalue weighted by Crippen LogP contribution is -2.42. The van der Waals surface area contributed by atoms with Crippen molar-refractivity contribution in [2.45, 2.75) is 52.5 Å². The monoisotopic (exact) mass is 226 g/mol. The van der Waals surface area contributed by atoms with Crippen molar-refractivity contribution in [2.24, 2.45) is 17.6 Å². The summed E-state index contributed by atoms with van der Waals surface area (Å²) >= 11 is 0. The molecule has 0 saturated heterocycles. The Morgan fingerprint density at radius 3 is 2.56 bits per heavy atom. The third-order valence-corrected chi connectivity index (χ3v) is 3.77. The molecule has 1 amide bonds. The summed E-state index contributed by atoms with van der Waals surface area (Å²) in [5.74, 6) is 1.06. The second kappa shape index (κ2) is 6.24. The van der Waals surface area contributed by atoms with Crippen molar-refractivity contribution in [1.82, 2.24) is 4.90 Å². The number of hydrogen-bond donors (Lipinski definition) is 1. The van der Waals surface area contributed by atoms with Crippen LogP contribution in [0.4, 0.5) is 0 Å². The minimum atomic E-state index is 0.223. The van der Waals surface area contributed by atoms with Gasteiger partial charge in [0.1, 0.15) is 0 Å². The smallest absolute Gasteiger partial charge is 0.225 e. The fourth-order valence-electron chi connectivity index (χ4n) is 2.60. The first-order chi connectivity index (χ1) is 7.60. The van der Waals surface area contributed by atoms with Gasteiger partial charge in [0.05, 0.1) is 0 Å². The Labute approximate surface area is 99.4 Å². The van der Waals surface area contributed by atoms with Gasteiger partial charge < -0.3 is 10.6 Å². The lowest BCUT2D eigenvalue weighted by atomic mass is 9.78. The molecule has 0 aromatic heterocycles. The Morgan fingerprint density at radius 2 is 2.06 bits per heavy atom. The molecule has 0 radical (unpaired) electrons. The number of carbonyl (C=O) groups excluding carboxylic acids is 1. The van der Waals surface area contributed by atoms with E-state index in [0.29, 0.717) is 17.9 Å². The Balaban J connectivity index is 2.53. The van der Waals surface area contributed by atoms with Crippen LogP contribution in [-0.4, -0.2) is 29.9 Å². The number of hydrogen-bond acceptors (Lipinski definition) is 2. The fraction of sp³-hybridized carbons (Fsp3) is 0.923. The Hall–Kier alpha value is -0.570. The molecule has 3 atom stereocenters. The quantitative estimate of drug-likeness (QED) is 0.797. The van der Waals surface area contributed by atoms with Gasteiger partial charge in [-0.1, -0.05) is 13.8 Å². The summed E-state index contributed by atoms with van der Waals surface area (Å²) in [7, 11) is 0. The van der Waals surface area contributed by atoms with E-state index < -0.39 is 0 Å². The third kappa shape index (κ3) is 3.21. The van der Waals surface area contributed by atoms with Crippen LogP contribution in [0.25, 0.3) is 0 Å². The van der Waals surface area contributed by atoms with Crippen LogP contribution in [0.1, 0.15) is 46.5 Å². The predicted octanol–water partition coefficient (Wildman–Crippen LogP) is 2.01. The molecule has 16 heavy (non-hydrogen) atoms. The molecule has 1 rings (SSSR count). The van der Waals surface area contributed by atoms with Gasteiger partial charge in [-0.25, -0.2) is 0 Å². The summed E-state index contributed by atoms with van der Waals surface area (Å²) in [5.41, 5.74) is 5.98. The van der Waals surface area contributed by atoms with Gasteiger partial charge in [-0.3, -0.25) is 4.79 Å². The summed E-state index contributed by atoms with van der Waals surface area (Å²) in [5, 5.41) is 0. The van der Waals surface area contributed by atoms with E-state index in [1.807, 2.05) is 4.90 Å². The van der Waals surface area contributed by atoms with Crippen LogP contribution in [0.15, 0.2) is 0 Å². The topological polar surface area (TPSA) is 46.3 Å². The number of amides is 1.